The van der Waals surface area contributed by atoms with Crippen molar-refractivity contribution in [1.29, 1.82) is 0 Å². The van der Waals surface area contributed by atoms with Gasteiger partial charge in [0.1, 0.15) is 9.84 Å². The van der Waals surface area contributed by atoms with Crippen LogP contribution < -0.4 is 5.73 Å². The molecule has 1 aromatic rings. The summed E-state index contributed by atoms with van der Waals surface area (Å²) >= 11 is 0. The van der Waals surface area contributed by atoms with E-state index in [0.29, 0.717) is 13.0 Å². The van der Waals surface area contributed by atoms with Gasteiger partial charge in [0, 0.05) is 30.7 Å². The quantitative estimate of drug-likeness (QED) is 0.785. The molecule has 1 heterocycles. The maximum absolute atomic E-state index is 11.2. The largest absolute Gasteiger partial charge is 0.350 e. The van der Waals surface area contributed by atoms with Gasteiger partial charge in [0.05, 0.1) is 5.75 Å². The highest BCUT2D eigenvalue weighted by Gasteiger charge is 2.07. The Morgan fingerprint density at radius 2 is 2.20 bits per heavy atom. The summed E-state index contributed by atoms with van der Waals surface area (Å²) in [7, 11) is -2.84. The number of aryl methyl sites for hydroxylation is 1. The van der Waals surface area contributed by atoms with Gasteiger partial charge in [-0.15, -0.1) is 0 Å². The summed E-state index contributed by atoms with van der Waals surface area (Å²) in [6.45, 7) is 2.89. The molecule has 2 N–H and O–H groups in total. The molecule has 0 bridgehead atoms. The molecule has 0 aliphatic heterocycles. The minimum absolute atomic E-state index is 0.225. The highest BCUT2D eigenvalue weighted by molar-refractivity contribution is 7.91. The zero-order chi connectivity index (χ0) is 11.3. The first-order chi connectivity index (χ1) is 7.09. The Hall–Kier alpha value is -0.810. The van der Waals surface area contributed by atoms with E-state index in [-0.39, 0.29) is 11.5 Å². The van der Waals surface area contributed by atoms with E-state index in [1.807, 2.05) is 22.9 Å². The smallest absolute Gasteiger partial charge is 0.150 e. The summed E-state index contributed by atoms with van der Waals surface area (Å²) in [5, 5.41) is 0. The van der Waals surface area contributed by atoms with E-state index < -0.39 is 9.84 Å². The van der Waals surface area contributed by atoms with Crippen molar-refractivity contribution in [3.05, 3.63) is 24.0 Å². The fourth-order valence-corrected chi connectivity index (χ4v) is 2.31. The van der Waals surface area contributed by atoms with E-state index in [1.54, 1.807) is 6.92 Å². The molecule has 0 aliphatic carbocycles. The number of hydrogen-bond donors (Lipinski definition) is 1. The summed E-state index contributed by atoms with van der Waals surface area (Å²) in [6, 6.07) is 3.88. The van der Waals surface area contributed by atoms with Crippen LogP contribution in [0.15, 0.2) is 18.3 Å². The summed E-state index contributed by atoms with van der Waals surface area (Å²) in [5.74, 6) is 0.480. The average Bonchev–Trinajstić information content (AvgIpc) is 2.65. The SMILES string of the molecule is CCS(=O)(=O)CCCn1cccc1CN. The Morgan fingerprint density at radius 3 is 2.80 bits per heavy atom. The summed E-state index contributed by atoms with van der Waals surface area (Å²) < 4.78 is 24.5. The molecule has 0 unspecified atom stereocenters. The first-order valence-corrected chi connectivity index (χ1v) is 6.95. The molecule has 0 fully saturated rings. The predicted octanol–water partition coefficient (Wildman–Crippen LogP) is 0.772. The lowest BCUT2D eigenvalue weighted by atomic mass is 10.4. The molecule has 1 aromatic heterocycles. The second-order valence-electron chi connectivity index (χ2n) is 3.49. The van der Waals surface area contributed by atoms with Crippen LogP contribution in [-0.4, -0.2) is 24.5 Å². The lowest BCUT2D eigenvalue weighted by molar-refractivity contribution is 0.585. The Morgan fingerprint density at radius 1 is 1.47 bits per heavy atom. The topological polar surface area (TPSA) is 65.1 Å². The van der Waals surface area contributed by atoms with Gasteiger partial charge >= 0.3 is 0 Å². The van der Waals surface area contributed by atoms with Crippen molar-refractivity contribution in [3.8, 4) is 0 Å². The van der Waals surface area contributed by atoms with Crippen LogP contribution in [0, 0.1) is 0 Å². The van der Waals surface area contributed by atoms with Gasteiger partial charge in [-0.25, -0.2) is 8.42 Å². The van der Waals surface area contributed by atoms with Gasteiger partial charge in [0.25, 0.3) is 0 Å². The molecular weight excluding hydrogens is 212 g/mol. The summed E-state index contributed by atoms with van der Waals surface area (Å²) in [6.07, 6.45) is 2.58. The average molecular weight is 230 g/mol. The molecule has 0 aliphatic rings. The number of aromatic nitrogens is 1. The van der Waals surface area contributed by atoms with E-state index in [1.165, 1.54) is 0 Å². The molecule has 5 heteroatoms. The van der Waals surface area contributed by atoms with Crippen LogP contribution in [0.4, 0.5) is 0 Å². The molecule has 86 valence electrons. The van der Waals surface area contributed by atoms with E-state index in [4.69, 9.17) is 5.73 Å². The van der Waals surface area contributed by atoms with E-state index in [2.05, 4.69) is 0 Å². The van der Waals surface area contributed by atoms with E-state index in [9.17, 15) is 8.42 Å². The molecule has 0 saturated heterocycles. The van der Waals surface area contributed by atoms with E-state index in [0.717, 1.165) is 12.2 Å². The lowest BCUT2D eigenvalue weighted by Crippen LogP contribution is -2.13. The van der Waals surface area contributed by atoms with Gasteiger partial charge in [-0.05, 0) is 18.6 Å². The molecule has 15 heavy (non-hydrogen) atoms. The number of nitrogens with two attached hydrogens (primary N) is 1. The van der Waals surface area contributed by atoms with Gasteiger partial charge in [-0.1, -0.05) is 6.92 Å². The molecule has 1 rings (SSSR count). The van der Waals surface area contributed by atoms with Crippen molar-refractivity contribution in [2.45, 2.75) is 26.4 Å². The summed E-state index contributed by atoms with van der Waals surface area (Å²) in [5.41, 5.74) is 6.58. The molecule has 4 nitrogen and oxygen atoms in total. The summed E-state index contributed by atoms with van der Waals surface area (Å²) in [4.78, 5) is 0. The number of hydrogen-bond acceptors (Lipinski definition) is 3. The molecule has 0 aromatic carbocycles. The van der Waals surface area contributed by atoms with Crippen molar-refractivity contribution in [1.82, 2.24) is 4.57 Å². The second kappa shape index (κ2) is 5.32. The van der Waals surface area contributed by atoms with Crippen molar-refractivity contribution in [3.63, 3.8) is 0 Å². The van der Waals surface area contributed by atoms with Crippen LogP contribution in [0.5, 0.6) is 0 Å². The maximum Gasteiger partial charge on any atom is 0.150 e. The van der Waals surface area contributed by atoms with Crippen LogP contribution in [-0.2, 0) is 22.9 Å². The maximum atomic E-state index is 11.2. The zero-order valence-electron chi connectivity index (χ0n) is 9.02. The Labute approximate surface area is 91.0 Å². The van der Waals surface area contributed by atoms with Gasteiger partial charge in [0.2, 0.25) is 0 Å². The third-order valence-corrected chi connectivity index (χ3v) is 4.22. The third kappa shape index (κ3) is 3.68. The Kier molecular flexibility index (Phi) is 4.35. The Balaban J connectivity index is 2.45. The highest BCUT2D eigenvalue weighted by Crippen LogP contribution is 2.03. The number of sulfone groups is 1. The fourth-order valence-electron chi connectivity index (χ4n) is 1.45. The van der Waals surface area contributed by atoms with Crippen molar-refractivity contribution in [2.24, 2.45) is 5.73 Å². The third-order valence-electron chi connectivity index (χ3n) is 2.43. The highest BCUT2D eigenvalue weighted by atomic mass is 32.2. The zero-order valence-corrected chi connectivity index (χ0v) is 9.83. The van der Waals surface area contributed by atoms with Crippen LogP contribution in [0.1, 0.15) is 19.0 Å². The van der Waals surface area contributed by atoms with E-state index >= 15 is 0 Å². The first-order valence-electron chi connectivity index (χ1n) is 5.13. The minimum Gasteiger partial charge on any atom is -0.350 e. The van der Waals surface area contributed by atoms with Crippen LogP contribution in [0.2, 0.25) is 0 Å². The van der Waals surface area contributed by atoms with Crippen LogP contribution in [0.25, 0.3) is 0 Å². The number of nitrogens with zero attached hydrogens (tertiary/aromatic N) is 1. The van der Waals surface area contributed by atoms with Crippen molar-refractivity contribution >= 4 is 9.84 Å². The van der Waals surface area contributed by atoms with Gasteiger partial charge < -0.3 is 10.3 Å². The van der Waals surface area contributed by atoms with Crippen LogP contribution in [0.3, 0.4) is 0 Å². The molecule has 0 radical (unpaired) electrons. The fraction of sp³-hybridized carbons (Fsp3) is 0.600. The number of rotatable bonds is 6. The lowest BCUT2D eigenvalue weighted by Gasteiger charge is -2.07. The monoisotopic (exact) mass is 230 g/mol. The van der Waals surface area contributed by atoms with Crippen LogP contribution >= 0.6 is 0 Å². The van der Waals surface area contributed by atoms with Gasteiger partial charge in [0.15, 0.2) is 0 Å². The molecular formula is C10H18N2O2S. The predicted molar refractivity (Wildman–Crippen MR) is 61.3 cm³/mol. The molecule has 0 spiro atoms. The normalized spacial score (nSPS) is 11.9. The van der Waals surface area contributed by atoms with Gasteiger partial charge in [-0.2, -0.15) is 0 Å². The standard InChI is InChI=1S/C10H18N2O2S/c1-2-15(13,14)8-4-7-12-6-3-5-10(12)9-11/h3,5-6H,2,4,7-9,11H2,1H3. The Bertz CT molecular complexity index is 395. The van der Waals surface area contributed by atoms with Gasteiger partial charge in [-0.3, -0.25) is 0 Å². The second-order valence-corrected chi connectivity index (χ2v) is 5.96. The van der Waals surface area contributed by atoms with Crippen molar-refractivity contribution in [2.75, 3.05) is 11.5 Å². The molecule has 0 atom stereocenters. The molecule has 0 amide bonds. The molecule has 0 saturated carbocycles. The minimum atomic E-state index is -2.84. The first kappa shape index (κ1) is 12.3. The van der Waals surface area contributed by atoms with Crippen molar-refractivity contribution < 1.29 is 8.42 Å².